The standard InChI is InChI=1S/C25H35IN6O4/c1-35-15-18-21(33)22(34)25(36-18)32-24-20(31-26-32)23(27-13-12-16-8-4-2-5-9-16)29-19(30-24)14-28-17-10-6-3-7-11-17/h2,4-5,8-9,17-18,21-22,25,28,33-34H,3,6-7,10-15H2,1H3,(H,27,29,30)/t18-,21-,22-,25?/m1/s1. The maximum atomic E-state index is 10.8. The molecule has 1 saturated heterocycles. The van der Waals surface area contributed by atoms with Crippen LogP contribution >= 0.6 is 21.3 Å². The smallest absolute Gasteiger partial charge is 0.172 e. The Labute approximate surface area is 222 Å². The van der Waals surface area contributed by atoms with Crippen LogP contribution in [0.5, 0.6) is 0 Å². The average molecular weight is 610 g/mol. The van der Waals surface area contributed by atoms with Gasteiger partial charge in [-0.2, -0.15) is 3.15 Å². The van der Waals surface area contributed by atoms with E-state index in [-0.39, 0.29) is 6.61 Å². The monoisotopic (exact) mass is 610 g/mol. The van der Waals surface area contributed by atoms with Crippen molar-refractivity contribution in [3.63, 3.8) is 0 Å². The first kappa shape index (κ1) is 25.9. The molecule has 11 heteroatoms. The average Bonchev–Trinajstić information content (AvgIpc) is 3.45. The zero-order chi connectivity index (χ0) is 24.9. The Morgan fingerprint density at radius 2 is 1.92 bits per heavy atom. The van der Waals surface area contributed by atoms with E-state index in [9.17, 15) is 10.2 Å². The van der Waals surface area contributed by atoms with Gasteiger partial charge in [0.1, 0.15) is 45.4 Å². The van der Waals surface area contributed by atoms with E-state index in [1.807, 2.05) is 21.3 Å². The van der Waals surface area contributed by atoms with Crippen molar-refractivity contribution < 1.29 is 19.7 Å². The Morgan fingerprint density at radius 3 is 2.69 bits per heavy atom. The number of rotatable bonds is 10. The molecule has 5 rings (SSSR count). The van der Waals surface area contributed by atoms with E-state index < -0.39 is 45.8 Å². The van der Waals surface area contributed by atoms with Crippen LogP contribution in [0.3, 0.4) is 0 Å². The number of anilines is 2. The van der Waals surface area contributed by atoms with Crippen LogP contribution in [0.2, 0.25) is 0 Å². The summed E-state index contributed by atoms with van der Waals surface area (Å²) in [5.41, 5.74) is 1.96. The second kappa shape index (κ2) is 12.2. The van der Waals surface area contributed by atoms with Gasteiger partial charge in [-0.25, -0.2) is 9.97 Å². The van der Waals surface area contributed by atoms with Crippen LogP contribution in [-0.4, -0.2) is 71.0 Å². The zero-order valence-corrected chi connectivity index (χ0v) is 22.7. The predicted molar refractivity (Wildman–Crippen MR) is 146 cm³/mol. The molecule has 10 nitrogen and oxygen atoms in total. The van der Waals surface area contributed by atoms with E-state index in [1.54, 1.807) is 7.11 Å². The Balaban J connectivity index is 1.36. The lowest BCUT2D eigenvalue weighted by Crippen LogP contribution is -2.39. The quantitative estimate of drug-likeness (QED) is 0.237. The van der Waals surface area contributed by atoms with E-state index in [0.717, 1.165) is 6.42 Å². The van der Waals surface area contributed by atoms with Gasteiger partial charge in [-0.05, 0) is 24.8 Å². The molecule has 2 fully saturated rings. The minimum Gasteiger partial charge on any atom is -0.387 e. The second-order valence-corrected chi connectivity index (χ2v) is 11.5. The number of aliphatic hydroxyl groups excluding tert-OH is 2. The number of hydrogen-bond acceptors (Lipinski definition) is 10. The van der Waals surface area contributed by atoms with Crippen LogP contribution in [0.4, 0.5) is 17.3 Å². The van der Waals surface area contributed by atoms with Crippen LogP contribution in [0, 0.1) is 0 Å². The summed E-state index contributed by atoms with van der Waals surface area (Å²) < 4.78 is 17.9. The van der Waals surface area contributed by atoms with E-state index in [2.05, 4.69) is 22.8 Å². The summed E-state index contributed by atoms with van der Waals surface area (Å²) in [6.07, 6.45) is 3.64. The number of halogens is 1. The summed E-state index contributed by atoms with van der Waals surface area (Å²) in [6, 6.07) is 10.8. The number of aromatic nitrogens is 2. The third-order valence-electron chi connectivity index (χ3n) is 6.91. The highest BCUT2D eigenvalue weighted by molar-refractivity contribution is 14.2. The van der Waals surface area contributed by atoms with Crippen molar-refractivity contribution in [3.8, 4) is 0 Å². The summed E-state index contributed by atoms with van der Waals surface area (Å²) in [7, 11) is 1.55. The van der Waals surface area contributed by atoms with Gasteiger partial charge in [0, 0.05) is 19.7 Å². The predicted octanol–water partition coefficient (Wildman–Crippen LogP) is 3.17. The molecule has 36 heavy (non-hydrogen) atoms. The fourth-order valence-corrected chi connectivity index (χ4v) is 7.07. The van der Waals surface area contributed by atoms with Crippen LogP contribution in [0.25, 0.3) is 0 Å². The van der Waals surface area contributed by atoms with Gasteiger partial charge >= 0.3 is 0 Å². The van der Waals surface area contributed by atoms with E-state index in [0.29, 0.717) is 42.3 Å². The topological polar surface area (TPSA) is 124 Å². The van der Waals surface area contributed by atoms with Crippen molar-refractivity contribution in [1.29, 1.82) is 0 Å². The largest absolute Gasteiger partial charge is 0.387 e. The van der Waals surface area contributed by atoms with E-state index in [1.165, 1.54) is 37.7 Å². The first-order valence-corrected chi connectivity index (χ1v) is 14.6. The Morgan fingerprint density at radius 1 is 1.11 bits per heavy atom. The van der Waals surface area contributed by atoms with Crippen LogP contribution in [-0.2, 0) is 22.4 Å². The fourth-order valence-electron chi connectivity index (χ4n) is 4.93. The molecule has 0 radical (unpaired) electrons. The normalized spacial score (nSPS) is 26.1. The summed E-state index contributed by atoms with van der Waals surface area (Å²) in [5.74, 6) is 2.06. The van der Waals surface area contributed by atoms with Gasteiger partial charge in [0.2, 0.25) is 0 Å². The molecule has 0 amide bonds. The Kier molecular flexibility index (Phi) is 8.75. The van der Waals surface area contributed by atoms with Crippen molar-refractivity contribution in [1.82, 2.24) is 15.3 Å². The molecular weight excluding hydrogens is 575 g/mol. The molecule has 1 saturated carbocycles. The number of methoxy groups -OCH3 is 1. The maximum Gasteiger partial charge on any atom is 0.172 e. The number of aliphatic hydroxyl groups is 2. The van der Waals surface area contributed by atoms with Crippen molar-refractivity contribution in [2.24, 2.45) is 3.15 Å². The van der Waals surface area contributed by atoms with Crippen molar-refractivity contribution in [2.45, 2.75) is 75.7 Å². The highest BCUT2D eigenvalue weighted by Gasteiger charge is 2.47. The van der Waals surface area contributed by atoms with Crippen LogP contribution in [0.1, 0.15) is 43.5 Å². The first-order valence-electron chi connectivity index (χ1n) is 12.7. The maximum absolute atomic E-state index is 10.8. The van der Waals surface area contributed by atoms with Crippen LogP contribution < -0.4 is 13.7 Å². The van der Waals surface area contributed by atoms with Crippen molar-refractivity contribution in [2.75, 3.05) is 28.7 Å². The third kappa shape index (κ3) is 5.86. The van der Waals surface area contributed by atoms with Gasteiger partial charge in [0.15, 0.2) is 23.6 Å². The number of benzene rings is 1. The summed E-state index contributed by atoms with van der Waals surface area (Å²) in [6.45, 7) is 1.49. The Hall–Kier alpha value is -1.77. The molecule has 2 aliphatic heterocycles. The first-order chi connectivity index (χ1) is 17.6. The summed E-state index contributed by atoms with van der Waals surface area (Å²) in [5, 5.41) is 28.3. The lowest BCUT2D eigenvalue weighted by molar-refractivity contribution is -0.0293. The molecule has 3 aliphatic rings. The fraction of sp³-hybridized carbons (Fsp3) is 0.600. The molecule has 0 spiro atoms. The van der Waals surface area contributed by atoms with Gasteiger partial charge in [0.05, 0.1) is 13.2 Å². The van der Waals surface area contributed by atoms with Gasteiger partial charge in [-0.3, -0.25) is 3.11 Å². The molecule has 3 heterocycles. The van der Waals surface area contributed by atoms with Gasteiger partial charge in [-0.15, -0.1) is 0 Å². The van der Waals surface area contributed by atoms with Gasteiger partial charge in [0.25, 0.3) is 0 Å². The molecule has 196 valence electrons. The number of nitrogens with one attached hydrogen (secondary N) is 2. The van der Waals surface area contributed by atoms with Crippen molar-refractivity contribution in [3.05, 3.63) is 41.7 Å². The summed E-state index contributed by atoms with van der Waals surface area (Å²) >= 11 is -0.896. The van der Waals surface area contributed by atoms with Gasteiger partial charge < -0.3 is 30.3 Å². The molecule has 1 aliphatic carbocycles. The summed E-state index contributed by atoms with van der Waals surface area (Å²) in [4.78, 5) is 9.70. The third-order valence-corrected chi connectivity index (χ3v) is 9.08. The molecule has 0 bridgehead atoms. The zero-order valence-electron chi connectivity index (χ0n) is 20.5. The lowest BCUT2D eigenvalue weighted by atomic mass is 9.95. The van der Waals surface area contributed by atoms with E-state index >= 15 is 0 Å². The number of fused-ring (bicyclic) bond motifs is 1. The highest BCUT2D eigenvalue weighted by Crippen LogP contribution is 2.48. The SMILES string of the molecule is COC[C@H]1OC(N2I=Nc3c(NCCc4ccccc4)nc(CNC4CCCCC4)nc32)[C@H](O)[C@@H]1O. The minimum absolute atomic E-state index is 0.206. The second-order valence-electron chi connectivity index (χ2n) is 9.51. The Bertz CT molecular complexity index is 1040. The molecule has 4 N–H and O–H groups in total. The highest BCUT2D eigenvalue weighted by atomic mass is 127. The van der Waals surface area contributed by atoms with Gasteiger partial charge in [-0.1, -0.05) is 49.6 Å². The molecule has 4 atom stereocenters. The lowest BCUT2D eigenvalue weighted by Gasteiger charge is -2.25. The number of hydrogen-bond donors (Lipinski definition) is 4. The molecule has 1 unspecified atom stereocenters. The van der Waals surface area contributed by atoms with E-state index in [4.69, 9.17) is 22.6 Å². The molecule has 2 aromatic rings. The molecule has 1 aromatic carbocycles. The van der Waals surface area contributed by atoms with Crippen molar-refractivity contribution >= 4 is 38.6 Å². The number of ether oxygens (including phenoxy) is 2. The van der Waals surface area contributed by atoms with Crippen LogP contribution in [0.15, 0.2) is 33.5 Å². The molecular formula is C25H35IN6O4. The minimum atomic E-state index is -1.07. The molecule has 1 aromatic heterocycles. The number of nitrogens with zero attached hydrogens (tertiary/aromatic N) is 4.